The van der Waals surface area contributed by atoms with Gasteiger partial charge in [0.25, 0.3) is 11.6 Å². The highest BCUT2D eigenvalue weighted by Crippen LogP contribution is 2.33. The van der Waals surface area contributed by atoms with Crippen molar-refractivity contribution in [3.05, 3.63) is 27.9 Å². The molecule has 0 saturated carbocycles. The van der Waals surface area contributed by atoms with E-state index >= 15 is 0 Å². The van der Waals surface area contributed by atoms with Crippen LogP contribution in [0.15, 0.2) is 12.3 Å². The highest BCUT2D eigenvalue weighted by atomic mass is 16.6. The van der Waals surface area contributed by atoms with Crippen molar-refractivity contribution in [3.8, 4) is 0 Å². The molecule has 0 aromatic carbocycles. The van der Waals surface area contributed by atoms with Crippen LogP contribution in [0.4, 0.5) is 11.5 Å². The first-order chi connectivity index (χ1) is 10.5. The fourth-order valence-corrected chi connectivity index (χ4v) is 3.30. The number of hydrogen-bond acceptors (Lipinski definition) is 5. The Morgan fingerprint density at radius 1 is 1.55 bits per heavy atom. The van der Waals surface area contributed by atoms with E-state index in [2.05, 4.69) is 18.8 Å². The van der Waals surface area contributed by atoms with Gasteiger partial charge in [-0.3, -0.25) is 14.9 Å². The predicted octanol–water partition coefficient (Wildman–Crippen LogP) is 2.35. The van der Waals surface area contributed by atoms with E-state index in [1.807, 2.05) is 4.90 Å². The van der Waals surface area contributed by atoms with E-state index in [-0.39, 0.29) is 11.3 Å². The molecule has 2 heterocycles. The van der Waals surface area contributed by atoms with Gasteiger partial charge in [0.2, 0.25) is 0 Å². The van der Waals surface area contributed by atoms with Crippen molar-refractivity contribution in [1.29, 1.82) is 0 Å². The first kappa shape index (κ1) is 16.2. The molecule has 0 aliphatic carbocycles. The molecule has 1 saturated heterocycles. The molecule has 1 aliphatic heterocycles. The van der Waals surface area contributed by atoms with Crippen molar-refractivity contribution in [1.82, 2.24) is 4.98 Å². The minimum atomic E-state index is -0.683. The molecule has 0 radical (unpaired) electrons. The molecule has 2 rings (SSSR count). The molecular weight excluding hydrogens is 284 g/mol. The fraction of sp³-hybridized carbons (Fsp3) is 0.600. The van der Waals surface area contributed by atoms with Crippen LogP contribution in [-0.4, -0.2) is 28.9 Å². The quantitative estimate of drug-likeness (QED) is 0.642. The number of carbonyl (C=O) groups is 1. The van der Waals surface area contributed by atoms with Gasteiger partial charge in [-0.2, -0.15) is 0 Å². The number of nitrogens with two attached hydrogens (primary N) is 1. The number of anilines is 1. The first-order valence-electron chi connectivity index (χ1n) is 7.67. The number of amides is 1. The smallest absolute Gasteiger partial charge is 0.288 e. The Balaban J connectivity index is 2.26. The van der Waals surface area contributed by atoms with Gasteiger partial charge in [-0.15, -0.1) is 0 Å². The lowest BCUT2D eigenvalue weighted by Gasteiger charge is -2.23. The van der Waals surface area contributed by atoms with Gasteiger partial charge < -0.3 is 10.6 Å². The van der Waals surface area contributed by atoms with Crippen LogP contribution in [0, 0.1) is 22.0 Å². The molecule has 1 aromatic rings. The van der Waals surface area contributed by atoms with Gasteiger partial charge in [-0.1, -0.05) is 26.7 Å². The minimum absolute atomic E-state index is 0.124. The third kappa shape index (κ3) is 3.18. The number of aromatic nitrogens is 1. The average molecular weight is 306 g/mol. The van der Waals surface area contributed by atoms with Crippen molar-refractivity contribution < 1.29 is 9.72 Å². The Labute approximate surface area is 129 Å². The maximum atomic E-state index is 11.6. The second kappa shape index (κ2) is 6.72. The Bertz CT molecular complexity index is 572. The third-order valence-corrected chi connectivity index (χ3v) is 4.57. The minimum Gasteiger partial charge on any atom is -0.365 e. The van der Waals surface area contributed by atoms with Crippen molar-refractivity contribution in [3.63, 3.8) is 0 Å². The van der Waals surface area contributed by atoms with Gasteiger partial charge in [0.15, 0.2) is 0 Å². The van der Waals surface area contributed by atoms with E-state index in [4.69, 9.17) is 5.73 Å². The molecular formula is C15H22N4O3. The van der Waals surface area contributed by atoms with Gasteiger partial charge in [0.1, 0.15) is 12.0 Å². The molecule has 1 aromatic heterocycles. The highest BCUT2D eigenvalue weighted by Gasteiger charge is 2.30. The summed E-state index contributed by atoms with van der Waals surface area (Å²) in [5, 5.41) is 10.8. The SMILES string of the molecule is CCC(CC)C1CCN(c2ncc([N+](=O)[O-])cc2C(N)=O)C1. The summed E-state index contributed by atoms with van der Waals surface area (Å²) in [6.07, 6.45) is 4.49. The molecule has 1 atom stereocenters. The van der Waals surface area contributed by atoms with Crippen LogP contribution in [-0.2, 0) is 0 Å². The number of rotatable bonds is 6. The van der Waals surface area contributed by atoms with E-state index in [1.54, 1.807) is 0 Å². The fourth-order valence-electron chi connectivity index (χ4n) is 3.30. The van der Waals surface area contributed by atoms with E-state index in [1.165, 1.54) is 12.3 Å². The Morgan fingerprint density at radius 3 is 2.77 bits per heavy atom. The van der Waals surface area contributed by atoms with Crippen molar-refractivity contribution in [2.75, 3.05) is 18.0 Å². The summed E-state index contributed by atoms with van der Waals surface area (Å²) in [7, 11) is 0. The van der Waals surface area contributed by atoms with Crippen LogP contribution in [0.25, 0.3) is 0 Å². The topological polar surface area (TPSA) is 102 Å². The van der Waals surface area contributed by atoms with Gasteiger partial charge in [-0.25, -0.2) is 4.98 Å². The standard InChI is InChI=1S/C15H22N4O3/c1-3-10(4-2)11-5-6-18(9-11)15-13(14(16)20)7-12(8-17-15)19(21)22/h7-8,10-11H,3-6,9H2,1-2H3,(H2,16,20). The zero-order valence-electron chi connectivity index (χ0n) is 13.0. The Kier molecular flexibility index (Phi) is 4.95. The Hall–Kier alpha value is -2.18. The largest absolute Gasteiger partial charge is 0.365 e. The van der Waals surface area contributed by atoms with E-state index in [0.717, 1.165) is 32.4 Å². The number of nitrogens with zero attached hydrogens (tertiary/aromatic N) is 3. The average Bonchev–Trinajstić information content (AvgIpc) is 2.97. The summed E-state index contributed by atoms with van der Waals surface area (Å²) in [5.41, 5.74) is 5.28. The summed E-state index contributed by atoms with van der Waals surface area (Å²) in [6, 6.07) is 1.22. The molecule has 7 heteroatoms. The van der Waals surface area contributed by atoms with Crippen LogP contribution < -0.4 is 10.6 Å². The van der Waals surface area contributed by atoms with Crippen molar-refractivity contribution in [2.24, 2.45) is 17.6 Å². The highest BCUT2D eigenvalue weighted by molar-refractivity contribution is 5.98. The lowest BCUT2D eigenvalue weighted by atomic mass is 9.87. The molecule has 120 valence electrons. The van der Waals surface area contributed by atoms with E-state index in [0.29, 0.717) is 17.7 Å². The number of carbonyl (C=O) groups excluding carboxylic acids is 1. The Morgan fingerprint density at radius 2 is 2.23 bits per heavy atom. The monoisotopic (exact) mass is 306 g/mol. The van der Waals surface area contributed by atoms with Crippen LogP contribution in [0.2, 0.25) is 0 Å². The normalized spacial score (nSPS) is 18.0. The van der Waals surface area contributed by atoms with E-state index < -0.39 is 10.8 Å². The van der Waals surface area contributed by atoms with Gasteiger partial charge in [-0.05, 0) is 18.3 Å². The summed E-state index contributed by atoms with van der Waals surface area (Å²) >= 11 is 0. The maximum Gasteiger partial charge on any atom is 0.288 e. The van der Waals surface area contributed by atoms with Crippen LogP contribution in [0.3, 0.4) is 0 Å². The third-order valence-electron chi connectivity index (χ3n) is 4.57. The molecule has 7 nitrogen and oxygen atoms in total. The second-order valence-electron chi connectivity index (χ2n) is 5.76. The van der Waals surface area contributed by atoms with Gasteiger partial charge in [0, 0.05) is 19.2 Å². The number of nitro groups is 1. The van der Waals surface area contributed by atoms with Crippen LogP contribution in [0.5, 0.6) is 0 Å². The maximum absolute atomic E-state index is 11.6. The van der Waals surface area contributed by atoms with Crippen molar-refractivity contribution in [2.45, 2.75) is 33.1 Å². The molecule has 1 fully saturated rings. The van der Waals surface area contributed by atoms with Crippen LogP contribution >= 0.6 is 0 Å². The molecule has 1 aliphatic rings. The molecule has 2 N–H and O–H groups in total. The van der Waals surface area contributed by atoms with Gasteiger partial charge in [0.05, 0.1) is 10.5 Å². The lowest BCUT2D eigenvalue weighted by Crippen LogP contribution is -2.26. The summed E-state index contributed by atoms with van der Waals surface area (Å²) < 4.78 is 0. The summed E-state index contributed by atoms with van der Waals surface area (Å²) in [4.78, 5) is 28.0. The van der Waals surface area contributed by atoms with E-state index in [9.17, 15) is 14.9 Å². The molecule has 1 unspecified atom stereocenters. The number of primary amides is 1. The zero-order valence-corrected chi connectivity index (χ0v) is 13.0. The molecule has 0 bridgehead atoms. The summed E-state index contributed by atoms with van der Waals surface area (Å²) in [5.74, 6) is 0.997. The number of hydrogen-bond donors (Lipinski definition) is 1. The second-order valence-corrected chi connectivity index (χ2v) is 5.76. The molecule has 1 amide bonds. The molecule has 0 spiro atoms. The molecule has 22 heavy (non-hydrogen) atoms. The summed E-state index contributed by atoms with van der Waals surface area (Å²) in [6.45, 7) is 6.00. The first-order valence-corrected chi connectivity index (χ1v) is 7.67. The zero-order chi connectivity index (χ0) is 16.3. The number of pyridine rings is 1. The van der Waals surface area contributed by atoms with Crippen molar-refractivity contribution >= 4 is 17.4 Å². The predicted molar refractivity (Wildman–Crippen MR) is 83.8 cm³/mol. The van der Waals surface area contributed by atoms with Gasteiger partial charge >= 0.3 is 0 Å². The van der Waals surface area contributed by atoms with Crippen LogP contribution in [0.1, 0.15) is 43.5 Å². The lowest BCUT2D eigenvalue weighted by molar-refractivity contribution is -0.385.